The summed E-state index contributed by atoms with van der Waals surface area (Å²) in [6.45, 7) is 0.329. The van der Waals surface area contributed by atoms with Crippen LogP contribution < -0.4 is 11.1 Å². The molecule has 0 bridgehead atoms. The van der Waals surface area contributed by atoms with Gasteiger partial charge in [-0.15, -0.1) is 11.6 Å². The quantitative estimate of drug-likeness (QED) is 0.375. The molecule has 1 amide bonds. The minimum Gasteiger partial charge on any atom is -0.326 e. The van der Waals surface area contributed by atoms with Crippen LogP contribution in [0.2, 0.25) is 0 Å². The lowest BCUT2D eigenvalue weighted by Crippen LogP contribution is -2.13. The summed E-state index contributed by atoms with van der Waals surface area (Å²) in [5.74, 6) is 0.198. The van der Waals surface area contributed by atoms with E-state index in [4.69, 9.17) is 17.3 Å². The number of aromatic nitrogens is 5. The lowest BCUT2D eigenvalue weighted by Gasteiger charge is -2.12. The lowest BCUT2D eigenvalue weighted by atomic mass is 10.1. The van der Waals surface area contributed by atoms with Gasteiger partial charge in [0.1, 0.15) is 0 Å². The fourth-order valence-corrected chi connectivity index (χ4v) is 3.77. The first-order valence-corrected chi connectivity index (χ1v) is 10.8. The zero-order valence-electron chi connectivity index (χ0n) is 17.5. The van der Waals surface area contributed by atoms with Crippen molar-refractivity contribution in [3.63, 3.8) is 0 Å². The Morgan fingerprint density at radius 2 is 1.91 bits per heavy atom. The third-order valence-corrected chi connectivity index (χ3v) is 5.65. The standard InChI is InChI=1S/C24H20ClN7O/c25-11-16-3-5-17(6-4-16)24(33)30-20-8-7-18(12-26)21(10-20)31-15-19(13-29-31)22-14-27-23-2-1-9-28-32(22)23/h1-10,13-15H,11-12,26H2,(H,30,33). The number of nitrogens with zero attached hydrogens (tertiary/aromatic N) is 5. The number of alkyl halides is 1. The molecule has 5 rings (SSSR count). The predicted molar refractivity (Wildman–Crippen MR) is 127 cm³/mol. The smallest absolute Gasteiger partial charge is 0.255 e. The summed E-state index contributed by atoms with van der Waals surface area (Å²) >= 11 is 5.83. The molecule has 0 spiro atoms. The average Bonchev–Trinajstić information content (AvgIpc) is 3.51. The number of nitrogens with two attached hydrogens (primary N) is 1. The number of hydrogen-bond acceptors (Lipinski definition) is 5. The van der Waals surface area contributed by atoms with E-state index in [0.717, 1.165) is 33.7 Å². The summed E-state index contributed by atoms with van der Waals surface area (Å²) in [6.07, 6.45) is 7.12. The summed E-state index contributed by atoms with van der Waals surface area (Å²) in [7, 11) is 0. The maximum Gasteiger partial charge on any atom is 0.255 e. The SMILES string of the molecule is NCc1ccc(NC(=O)c2ccc(CCl)cc2)cc1-n1cc(-c2cnc3cccnn23)cn1. The van der Waals surface area contributed by atoms with Crippen LogP contribution in [0.1, 0.15) is 21.5 Å². The van der Waals surface area contributed by atoms with Crippen LogP contribution in [-0.4, -0.2) is 30.3 Å². The molecular weight excluding hydrogens is 438 g/mol. The van der Waals surface area contributed by atoms with Crippen molar-refractivity contribution in [2.45, 2.75) is 12.4 Å². The second kappa shape index (κ2) is 8.85. The second-order valence-corrected chi connectivity index (χ2v) is 7.71. The van der Waals surface area contributed by atoms with E-state index in [1.54, 1.807) is 39.9 Å². The molecule has 0 aliphatic heterocycles. The number of nitrogens with one attached hydrogen (secondary N) is 1. The molecule has 5 aromatic rings. The largest absolute Gasteiger partial charge is 0.326 e. The molecule has 3 N–H and O–H groups in total. The number of carbonyl (C=O) groups excluding carboxylic acids is 1. The Bertz CT molecular complexity index is 1440. The zero-order valence-corrected chi connectivity index (χ0v) is 18.3. The molecular formula is C24H20ClN7O. The van der Waals surface area contributed by atoms with Crippen molar-refractivity contribution in [2.75, 3.05) is 5.32 Å². The fraction of sp³-hybridized carbons (Fsp3) is 0.0833. The summed E-state index contributed by atoms with van der Waals surface area (Å²) < 4.78 is 3.50. The van der Waals surface area contributed by atoms with Gasteiger partial charge in [0.05, 0.1) is 23.8 Å². The summed E-state index contributed by atoms with van der Waals surface area (Å²) in [6, 6.07) is 16.5. The molecule has 8 nitrogen and oxygen atoms in total. The summed E-state index contributed by atoms with van der Waals surface area (Å²) in [5, 5.41) is 11.8. The van der Waals surface area contributed by atoms with E-state index >= 15 is 0 Å². The minimum atomic E-state index is -0.208. The molecule has 2 aromatic carbocycles. The molecule has 0 aliphatic carbocycles. The van der Waals surface area contributed by atoms with Gasteiger partial charge in [-0.25, -0.2) is 14.2 Å². The van der Waals surface area contributed by atoms with Crippen LogP contribution in [0.3, 0.4) is 0 Å². The van der Waals surface area contributed by atoms with Gasteiger partial charge >= 0.3 is 0 Å². The molecule has 33 heavy (non-hydrogen) atoms. The third kappa shape index (κ3) is 4.09. The van der Waals surface area contributed by atoms with Crippen molar-refractivity contribution in [3.8, 4) is 16.9 Å². The first kappa shape index (κ1) is 20.9. The second-order valence-electron chi connectivity index (χ2n) is 7.44. The zero-order chi connectivity index (χ0) is 22.8. The van der Waals surface area contributed by atoms with Gasteiger partial charge in [0.15, 0.2) is 5.65 Å². The fourth-order valence-electron chi connectivity index (χ4n) is 3.59. The highest BCUT2D eigenvalue weighted by molar-refractivity contribution is 6.17. The summed E-state index contributed by atoms with van der Waals surface area (Å²) in [4.78, 5) is 17.1. The average molecular weight is 458 g/mol. The molecule has 0 atom stereocenters. The van der Waals surface area contributed by atoms with E-state index in [1.165, 1.54) is 0 Å². The van der Waals surface area contributed by atoms with E-state index in [1.807, 2.05) is 48.7 Å². The van der Waals surface area contributed by atoms with Crippen LogP contribution in [0.4, 0.5) is 5.69 Å². The number of benzene rings is 2. The number of hydrogen-bond donors (Lipinski definition) is 2. The molecule has 0 radical (unpaired) electrons. The van der Waals surface area contributed by atoms with Crippen molar-refractivity contribution in [3.05, 3.63) is 96.1 Å². The van der Waals surface area contributed by atoms with E-state index in [2.05, 4.69) is 20.5 Å². The van der Waals surface area contributed by atoms with Gasteiger partial charge in [0.25, 0.3) is 5.91 Å². The molecule has 0 saturated heterocycles. The van der Waals surface area contributed by atoms with Gasteiger partial charge in [-0.2, -0.15) is 10.2 Å². The van der Waals surface area contributed by atoms with Crippen LogP contribution in [0.25, 0.3) is 22.6 Å². The maximum absolute atomic E-state index is 12.7. The number of anilines is 1. The highest BCUT2D eigenvalue weighted by Gasteiger charge is 2.13. The number of halogens is 1. The van der Waals surface area contributed by atoms with Gasteiger partial charge < -0.3 is 11.1 Å². The van der Waals surface area contributed by atoms with Crippen molar-refractivity contribution in [1.82, 2.24) is 24.4 Å². The first-order chi connectivity index (χ1) is 16.2. The van der Waals surface area contributed by atoms with Crippen LogP contribution >= 0.6 is 11.6 Å². The number of imidazole rings is 1. The molecule has 3 heterocycles. The van der Waals surface area contributed by atoms with Crippen molar-refractivity contribution in [1.29, 1.82) is 0 Å². The van der Waals surface area contributed by atoms with E-state index in [-0.39, 0.29) is 5.91 Å². The highest BCUT2D eigenvalue weighted by atomic mass is 35.5. The van der Waals surface area contributed by atoms with Gasteiger partial charge in [-0.05, 0) is 47.5 Å². The third-order valence-electron chi connectivity index (χ3n) is 5.34. The first-order valence-electron chi connectivity index (χ1n) is 10.3. The lowest BCUT2D eigenvalue weighted by molar-refractivity contribution is 0.102. The van der Waals surface area contributed by atoms with Crippen LogP contribution in [0.15, 0.2) is 79.4 Å². The Morgan fingerprint density at radius 3 is 2.70 bits per heavy atom. The van der Waals surface area contributed by atoms with E-state index < -0.39 is 0 Å². The molecule has 0 unspecified atom stereocenters. The summed E-state index contributed by atoms with van der Waals surface area (Å²) in [5.41, 5.74) is 12.2. The molecule has 0 saturated carbocycles. The molecule has 9 heteroatoms. The highest BCUT2D eigenvalue weighted by Crippen LogP contribution is 2.24. The Balaban J connectivity index is 1.45. The van der Waals surface area contributed by atoms with Crippen LogP contribution in [0, 0.1) is 0 Å². The molecule has 164 valence electrons. The van der Waals surface area contributed by atoms with Gasteiger partial charge in [0, 0.05) is 41.6 Å². The molecule has 0 aliphatic rings. The Hall–Kier alpha value is -4.01. The van der Waals surface area contributed by atoms with Gasteiger partial charge in [0.2, 0.25) is 0 Å². The topological polar surface area (TPSA) is 103 Å². The van der Waals surface area contributed by atoms with E-state index in [0.29, 0.717) is 23.7 Å². The Labute approximate surface area is 194 Å². The Kier molecular flexibility index (Phi) is 5.60. The number of fused-ring (bicyclic) bond motifs is 1. The number of amides is 1. The monoisotopic (exact) mass is 457 g/mol. The normalized spacial score (nSPS) is 11.1. The van der Waals surface area contributed by atoms with Gasteiger partial charge in [-0.3, -0.25) is 4.79 Å². The Morgan fingerprint density at radius 1 is 1.06 bits per heavy atom. The van der Waals surface area contributed by atoms with Crippen LogP contribution in [0.5, 0.6) is 0 Å². The van der Waals surface area contributed by atoms with Crippen LogP contribution in [-0.2, 0) is 12.4 Å². The minimum absolute atomic E-state index is 0.208. The predicted octanol–water partition coefficient (Wildman–Crippen LogP) is 4.03. The molecule has 0 fully saturated rings. The molecule has 3 aromatic heterocycles. The van der Waals surface area contributed by atoms with Gasteiger partial charge in [-0.1, -0.05) is 18.2 Å². The number of carbonyl (C=O) groups is 1. The van der Waals surface area contributed by atoms with Crippen molar-refractivity contribution >= 4 is 28.8 Å². The van der Waals surface area contributed by atoms with E-state index in [9.17, 15) is 4.79 Å². The van der Waals surface area contributed by atoms with Crippen molar-refractivity contribution in [2.24, 2.45) is 5.73 Å². The number of rotatable bonds is 6. The maximum atomic E-state index is 12.7. The van der Waals surface area contributed by atoms with Crippen molar-refractivity contribution < 1.29 is 4.79 Å².